The SMILES string of the molecule is COC(=O)C(Cc1cc(-c2ccccc2O)c(OCc2ccccc2)c(C(NC(=O)OCc2ccccc2)C(=O)O)c1)NC(=O)C(C)N. The minimum atomic E-state index is -1.71. The van der Waals surface area contributed by atoms with Crippen LogP contribution in [0.15, 0.2) is 97.1 Å². The van der Waals surface area contributed by atoms with Gasteiger partial charge in [-0.15, -0.1) is 0 Å². The van der Waals surface area contributed by atoms with Gasteiger partial charge in [0.1, 0.15) is 30.8 Å². The first-order valence-electron chi connectivity index (χ1n) is 15.0. The molecule has 0 saturated carbocycles. The van der Waals surface area contributed by atoms with Crippen molar-refractivity contribution >= 4 is 23.9 Å². The van der Waals surface area contributed by atoms with E-state index in [-0.39, 0.29) is 47.8 Å². The molecule has 0 bridgehead atoms. The van der Waals surface area contributed by atoms with Gasteiger partial charge in [0.2, 0.25) is 5.91 Å². The second kappa shape index (κ2) is 16.6. The number of aromatic hydroxyl groups is 1. The topological polar surface area (TPSA) is 187 Å². The van der Waals surface area contributed by atoms with E-state index in [9.17, 15) is 29.4 Å². The maximum absolute atomic E-state index is 13.0. The molecule has 3 atom stereocenters. The Morgan fingerprint density at radius 3 is 1.98 bits per heavy atom. The van der Waals surface area contributed by atoms with Crippen LogP contribution < -0.4 is 21.1 Å². The van der Waals surface area contributed by atoms with E-state index >= 15 is 0 Å². The van der Waals surface area contributed by atoms with Gasteiger partial charge in [-0.2, -0.15) is 0 Å². The van der Waals surface area contributed by atoms with E-state index in [0.717, 1.165) is 12.7 Å². The molecular weight excluding hydrogens is 618 g/mol. The van der Waals surface area contributed by atoms with Crippen LogP contribution in [0.3, 0.4) is 0 Å². The molecule has 12 nitrogen and oxygen atoms in total. The van der Waals surface area contributed by atoms with Crippen molar-refractivity contribution < 1.29 is 43.6 Å². The molecule has 4 aromatic rings. The lowest BCUT2D eigenvalue weighted by atomic mass is 9.91. The first-order valence-corrected chi connectivity index (χ1v) is 15.0. The van der Waals surface area contributed by atoms with E-state index in [1.54, 1.807) is 48.5 Å². The van der Waals surface area contributed by atoms with Crippen molar-refractivity contribution in [2.75, 3.05) is 7.11 Å². The molecule has 0 spiro atoms. The number of hydrogen-bond donors (Lipinski definition) is 5. The zero-order valence-electron chi connectivity index (χ0n) is 26.4. The molecule has 0 radical (unpaired) electrons. The van der Waals surface area contributed by atoms with E-state index in [4.69, 9.17) is 19.9 Å². The number of carboxylic acids is 1. The number of phenolic OH excluding ortho intramolecular Hbond substituents is 1. The average Bonchev–Trinajstić information content (AvgIpc) is 3.09. The Morgan fingerprint density at radius 1 is 0.792 bits per heavy atom. The van der Waals surface area contributed by atoms with Crippen LogP contribution in [0.4, 0.5) is 4.79 Å². The maximum atomic E-state index is 13.0. The Morgan fingerprint density at radius 2 is 1.40 bits per heavy atom. The van der Waals surface area contributed by atoms with Crippen molar-refractivity contribution in [1.29, 1.82) is 0 Å². The molecule has 250 valence electrons. The molecule has 3 unspecified atom stereocenters. The Hall–Kier alpha value is -5.88. The van der Waals surface area contributed by atoms with Gasteiger partial charge in [-0.05, 0) is 41.8 Å². The third-order valence-electron chi connectivity index (χ3n) is 7.29. The van der Waals surface area contributed by atoms with Crippen molar-refractivity contribution in [3.63, 3.8) is 0 Å². The van der Waals surface area contributed by atoms with Gasteiger partial charge in [0, 0.05) is 23.1 Å². The van der Waals surface area contributed by atoms with Crippen LogP contribution >= 0.6 is 0 Å². The van der Waals surface area contributed by atoms with Crippen molar-refractivity contribution in [3.8, 4) is 22.6 Å². The number of phenols is 1. The number of esters is 1. The number of amides is 2. The quantitative estimate of drug-likeness (QED) is 0.123. The fourth-order valence-corrected chi connectivity index (χ4v) is 4.87. The number of aliphatic carboxylic acids is 1. The molecule has 0 heterocycles. The predicted octanol–water partition coefficient (Wildman–Crippen LogP) is 4.24. The largest absolute Gasteiger partial charge is 0.507 e. The van der Waals surface area contributed by atoms with Crippen LogP contribution in [-0.2, 0) is 43.5 Å². The Kier molecular flexibility index (Phi) is 12.1. The van der Waals surface area contributed by atoms with Crippen LogP contribution in [0.2, 0.25) is 0 Å². The van der Waals surface area contributed by atoms with Crippen molar-refractivity contribution in [1.82, 2.24) is 10.6 Å². The summed E-state index contributed by atoms with van der Waals surface area (Å²) in [6.45, 7) is 1.35. The summed E-state index contributed by atoms with van der Waals surface area (Å²) in [4.78, 5) is 51.1. The zero-order chi connectivity index (χ0) is 34.6. The zero-order valence-corrected chi connectivity index (χ0v) is 26.4. The summed E-state index contributed by atoms with van der Waals surface area (Å²) in [7, 11) is 1.16. The standard InChI is InChI=1S/C36H37N3O9/c1-22(37)33(41)38-29(35(44)46-2)19-25-17-27(26-15-9-10-16-30(26)40)32(47-20-23-11-5-3-6-12-23)28(18-25)31(34(42)43)39-36(45)48-21-24-13-7-4-8-14-24/h3-18,22,29,31,40H,19-21,37H2,1-2H3,(H,38,41)(H,39,45)(H,42,43). The smallest absolute Gasteiger partial charge is 0.408 e. The molecule has 4 aromatic carbocycles. The first kappa shape index (κ1) is 35.0. The molecule has 0 aliphatic carbocycles. The van der Waals surface area contributed by atoms with E-state index in [0.29, 0.717) is 11.1 Å². The molecule has 6 N–H and O–H groups in total. The Balaban J connectivity index is 1.84. The van der Waals surface area contributed by atoms with Crippen LogP contribution in [0.5, 0.6) is 11.5 Å². The molecule has 48 heavy (non-hydrogen) atoms. The summed E-state index contributed by atoms with van der Waals surface area (Å²) in [5.74, 6) is -2.90. The molecule has 0 aliphatic rings. The highest BCUT2D eigenvalue weighted by molar-refractivity contribution is 5.88. The highest BCUT2D eigenvalue weighted by Crippen LogP contribution is 2.42. The Bertz CT molecular complexity index is 1730. The highest BCUT2D eigenvalue weighted by atomic mass is 16.5. The summed E-state index contributed by atoms with van der Waals surface area (Å²) in [6.07, 6.45) is -1.17. The average molecular weight is 656 g/mol. The number of benzene rings is 4. The van der Waals surface area contributed by atoms with Crippen LogP contribution in [0.1, 0.15) is 35.2 Å². The Labute approximate surface area is 277 Å². The number of hydrogen-bond acceptors (Lipinski definition) is 9. The third-order valence-corrected chi connectivity index (χ3v) is 7.29. The number of methoxy groups -OCH3 is 1. The summed E-state index contributed by atoms with van der Waals surface area (Å²) >= 11 is 0. The summed E-state index contributed by atoms with van der Waals surface area (Å²) in [5.41, 5.74) is 8.07. The number of rotatable bonds is 14. The van der Waals surface area contributed by atoms with E-state index in [2.05, 4.69) is 10.6 Å². The number of carboxylic acid groups (broad SMARTS) is 1. The lowest BCUT2D eigenvalue weighted by Gasteiger charge is -2.24. The number of carbonyl (C=O) groups is 4. The summed E-state index contributed by atoms with van der Waals surface area (Å²) in [5, 5.41) is 26.3. The van der Waals surface area contributed by atoms with Gasteiger partial charge in [-0.25, -0.2) is 14.4 Å². The van der Waals surface area contributed by atoms with Crippen molar-refractivity contribution in [2.45, 2.75) is 44.7 Å². The maximum Gasteiger partial charge on any atom is 0.408 e. The van der Waals surface area contributed by atoms with Crippen molar-refractivity contribution in [2.24, 2.45) is 5.73 Å². The van der Waals surface area contributed by atoms with Gasteiger partial charge in [-0.3, -0.25) is 4.79 Å². The normalized spacial score (nSPS) is 12.6. The minimum Gasteiger partial charge on any atom is -0.507 e. The van der Waals surface area contributed by atoms with Crippen molar-refractivity contribution in [3.05, 3.63) is 119 Å². The number of ether oxygens (including phenoxy) is 3. The van der Waals surface area contributed by atoms with E-state index in [1.807, 2.05) is 36.4 Å². The molecule has 0 fully saturated rings. The lowest BCUT2D eigenvalue weighted by Crippen LogP contribution is -2.48. The van der Waals surface area contributed by atoms with Crippen LogP contribution in [0, 0.1) is 0 Å². The fraction of sp³-hybridized carbons (Fsp3) is 0.222. The predicted molar refractivity (Wildman–Crippen MR) is 176 cm³/mol. The third kappa shape index (κ3) is 9.33. The van der Waals surface area contributed by atoms with E-state index < -0.39 is 42.1 Å². The van der Waals surface area contributed by atoms with E-state index in [1.165, 1.54) is 19.1 Å². The second-order valence-corrected chi connectivity index (χ2v) is 10.9. The van der Waals surface area contributed by atoms with Gasteiger partial charge in [-0.1, -0.05) is 78.9 Å². The van der Waals surface area contributed by atoms with Gasteiger partial charge >= 0.3 is 18.0 Å². The molecule has 0 aliphatic heterocycles. The first-order chi connectivity index (χ1) is 23.1. The number of nitrogens with one attached hydrogen (secondary N) is 2. The molecule has 2 amide bonds. The fourth-order valence-electron chi connectivity index (χ4n) is 4.87. The number of para-hydroxylation sites is 1. The molecular formula is C36H37N3O9. The summed E-state index contributed by atoms with van der Waals surface area (Å²) in [6, 6.07) is 23.6. The number of carbonyl (C=O) groups excluding carboxylic acids is 3. The lowest BCUT2D eigenvalue weighted by molar-refractivity contribution is -0.145. The monoisotopic (exact) mass is 655 g/mol. The summed E-state index contributed by atoms with van der Waals surface area (Å²) < 4.78 is 16.5. The van der Waals surface area contributed by atoms with Gasteiger partial charge in [0.05, 0.1) is 13.2 Å². The van der Waals surface area contributed by atoms with Crippen LogP contribution in [-0.4, -0.2) is 53.3 Å². The van der Waals surface area contributed by atoms with Crippen LogP contribution in [0.25, 0.3) is 11.1 Å². The molecule has 0 aromatic heterocycles. The molecule has 0 saturated heterocycles. The van der Waals surface area contributed by atoms with Gasteiger partial charge in [0.25, 0.3) is 0 Å². The highest BCUT2D eigenvalue weighted by Gasteiger charge is 2.31. The molecule has 12 heteroatoms. The minimum absolute atomic E-state index is 0.00650. The van der Waals surface area contributed by atoms with Gasteiger partial charge < -0.3 is 40.8 Å². The van der Waals surface area contributed by atoms with Gasteiger partial charge in [0.15, 0.2) is 6.04 Å². The number of nitrogens with two attached hydrogens (primary N) is 1. The molecule has 4 rings (SSSR count). The number of alkyl carbamates (subject to hydrolysis) is 1. The second-order valence-electron chi connectivity index (χ2n) is 10.9.